The number of carbonyl (C=O) groups excluding carboxylic acids is 1. The standard InChI is InChI=1S/C7H6BrClN2O/c8-4-2-6(10)3(7(11)12)1-5(4)9/h1-2H,10H2,(H2,11,12). The SMILES string of the molecule is NC(=O)c1cc(Cl)c(Br)cc1N. The van der Waals surface area contributed by atoms with Crippen molar-refractivity contribution >= 4 is 39.1 Å². The lowest BCUT2D eigenvalue weighted by Gasteiger charge is -2.03. The molecule has 0 saturated carbocycles. The summed E-state index contributed by atoms with van der Waals surface area (Å²) in [5.41, 5.74) is 11.1. The van der Waals surface area contributed by atoms with Crippen LogP contribution in [-0.2, 0) is 0 Å². The fraction of sp³-hybridized carbons (Fsp3) is 0. The average Bonchev–Trinajstić information content (AvgIpc) is 1.96. The monoisotopic (exact) mass is 248 g/mol. The Morgan fingerprint density at radius 2 is 2.08 bits per heavy atom. The van der Waals surface area contributed by atoms with Gasteiger partial charge in [0.15, 0.2) is 0 Å². The maximum atomic E-state index is 10.8. The second kappa shape index (κ2) is 3.33. The molecule has 0 bridgehead atoms. The van der Waals surface area contributed by atoms with Gasteiger partial charge in [-0.2, -0.15) is 0 Å². The van der Waals surface area contributed by atoms with Crippen molar-refractivity contribution in [2.75, 3.05) is 5.73 Å². The van der Waals surface area contributed by atoms with Gasteiger partial charge in [0, 0.05) is 10.2 Å². The van der Waals surface area contributed by atoms with Crippen molar-refractivity contribution in [1.82, 2.24) is 0 Å². The van der Waals surface area contributed by atoms with Crippen molar-refractivity contribution in [3.8, 4) is 0 Å². The van der Waals surface area contributed by atoms with Gasteiger partial charge < -0.3 is 11.5 Å². The quantitative estimate of drug-likeness (QED) is 0.745. The summed E-state index contributed by atoms with van der Waals surface area (Å²) >= 11 is 8.88. The zero-order valence-electron chi connectivity index (χ0n) is 5.97. The summed E-state index contributed by atoms with van der Waals surface area (Å²) in [6.07, 6.45) is 0. The van der Waals surface area contributed by atoms with Crippen LogP contribution < -0.4 is 11.5 Å². The molecule has 12 heavy (non-hydrogen) atoms. The molecule has 3 nitrogen and oxygen atoms in total. The van der Waals surface area contributed by atoms with Crippen molar-refractivity contribution < 1.29 is 4.79 Å². The molecule has 0 aliphatic rings. The molecule has 0 saturated heterocycles. The van der Waals surface area contributed by atoms with Crippen LogP contribution in [0.15, 0.2) is 16.6 Å². The minimum Gasteiger partial charge on any atom is -0.398 e. The molecule has 0 atom stereocenters. The molecule has 1 aromatic carbocycles. The van der Waals surface area contributed by atoms with E-state index in [9.17, 15) is 4.79 Å². The predicted octanol–water partition coefficient (Wildman–Crippen LogP) is 1.78. The molecule has 0 unspecified atom stereocenters. The second-order valence-corrected chi connectivity index (χ2v) is 3.48. The van der Waals surface area contributed by atoms with Crippen LogP contribution in [0, 0.1) is 0 Å². The van der Waals surface area contributed by atoms with E-state index in [2.05, 4.69) is 15.9 Å². The first-order valence-corrected chi connectivity index (χ1v) is 4.24. The Labute approximate surface area is 82.8 Å². The molecular formula is C7H6BrClN2O. The highest BCUT2D eigenvalue weighted by Gasteiger charge is 2.08. The van der Waals surface area contributed by atoms with E-state index in [1.807, 2.05) is 0 Å². The highest BCUT2D eigenvalue weighted by Crippen LogP contribution is 2.27. The minimum atomic E-state index is -0.582. The third kappa shape index (κ3) is 1.70. The van der Waals surface area contributed by atoms with Gasteiger partial charge in [0.2, 0.25) is 0 Å². The molecule has 5 heteroatoms. The first-order chi connectivity index (χ1) is 5.52. The number of carbonyl (C=O) groups is 1. The third-order valence-corrected chi connectivity index (χ3v) is 2.55. The number of halogens is 2. The van der Waals surface area contributed by atoms with Crippen molar-refractivity contribution in [2.24, 2.45) is 5.73 Å². The Balaban J connectivity index is 3.33. The van der Waals surface area contributed by atoms with Gasteiger partial charge in [-0.1, -0.05) is 11.6 Å². The summed E-state index contributed by atoms with van der Waals surface area (Å²) in [6, 6.07) is 2.98. The Morgan fingerprint density at radius 3 is 2.58 bits per heavy atom. The number of hydrogen-bond donors (Lipinski definition) is 2. The first-order valence-electron chi connectivity index (χ1n) is 3.06. The number of primary amides is 1. The predicted molar refractivity (Wildman–Crippen MR) is 52.1 cm³/mol. The number of rotatable bonds is 1. The van der Waals surface area contributed by atoms with Crippen LogP contribution in [0.25, 0.3) is 0 Å². The number of hydrogen-bond acceptors (Lipinski definition) is 2. The second-order valence-electron chi connectivity index (χ2n) is 2.22. The Hall–Kier alpha value is -0.740. The highest BCUT2D eigenvalue weighted by atomic mass is 79.9. The number of nitrogens with two attached hydrogens (primary N) is 2. The smallest absolute Gasteiger partial charge is 0.250 e. The molecule has 0 aromatic heterocycles. The molecule has 1 rings (SSSR count). The minimum absolute atomic E-state index is 0.239. The summed E-state index contributed by atoms with van der Waals surface area (Å²) in [5, 5.41) is 0.415. The van der Waals surface area contributed by atoms with Gasteiger partial charge in [0.05, 0.1) is 10.6 Å². The molecule has 4 N–H and O–H groups in total. The lowest BCUT2D eigenvalue weighted by atomic mass is 10.2. The van der Waals surface area contributed by atoms with E-state index in [0.717, 1.165) is 0 Å². The maximum absolute atomic E-state index is 10.8. The summed E-state index contributed by atoms with van der Waals surface area (Å²) in [7, 11) is 0. The number of amides is 1. The molecule has 1 amide bonds. The van der Waals surface area contributed by atoms with E-state index in [0.29, 0.717) is 15.2 Å². The molecule has 0 spiro atoms. The fourth-order valence-electron chi connectivity index (χ4n) is 0.776. The van der Waals surface area contributed by atoms with Gasteiger partial charge in [0.25, 0.3) is 5.91 Å². The van der Waals surface area contributed by atoms with E-state index in [1.54, 1.807) is 6.07 Å². The topological polar surface area (TPSA) is 69.1 Å². The van der Waals surface area contributed by atoms with Crippen molar-refractivity contribution in [2.45, 2.75) is 0 Å². The number of nitrogen functional groups attached to an aromatic ring is 1. The van der Waals surface area contributed by atoms with Gasteiger partial charge in [-0.15, -0.1) is 0 Å². The van der Waals surface area contributed by atoms with E-state index in [1.165, 1.54) is 6.07 Å². The van der Waals surface area contributed by atoms with Crippen molar-refractivity contribution in [3.05, 3.63) is 27.2 Å². The lowest BCUT2D eigenvalue weighted by Crippen LogP contribution is -2.13. The zero-order chi connectivity index (χ0) is 9.30. The Morgan fingerprint density at radius 1 is 1.50 bits per heavy atom. The number of anilines is 1. The average molecular weight is 249 g/mol. The molecule has 64 valence electrons. The van der Waals surface area contributed by atoms with Crippen LogP contribution in [-0.4, -0.2) is 5.91 Å². The van der Waals surface area contributed by atoms with E-state index >= 15 is 0 Å². The van der Waals surface area contributed by atoms with E-state index < -0.39 is 5.91 Å². The van der Waals surface area contributed by atoms with E-state index in [4.69, 9.17) is 23.1 Å². The summed E-state index contributed by atoms with van der Waals surface area (Å²) in [4.78, 5) is 10.8. The van der Waals surface area contributed by atoms with Crippen LogP contribution >= 0.6 is 27.5 Å². The third-order valence-electron chi connectivity index (χ3n) is 1.36. The lowest BCUT2D eigenvalue weighted by molar-refractivity contribution is 0.100. The van der Waals surface area contributed by atoms with Crippen LogP contribution in [0.1, 0.15) is 10.4 Å². The van der Waals surface area contributed by atoms with Gasteiger partial charge >= 0.3 is 0 Å². The number of benzene rings is 1. The Bertz CT molecular complexity index is 340. The molecule has 1 aromatic rings. The van der Waals surface area contributed by atoms with Crippen molar-refractivity contribution in [3.63, 3.8) is 0 Å². The van der Waals surface area contributed by atoms with Gasteiger partial charge in [0.1, 0.15) is 0 Å². The van der Waals surface area contributed by atoms with E-state index in [-0.39, 0.29) is 5.56 Å². The summed E-state index contributed by atoms with van der Waals surface area (Å²) in [6.45, 7) is 0. The Kier molecular flexibility index (Phi) is 2.59. The van der Waals surface area contributed by atoms with Crippen LogP contribution in [0.2, 0.25) is 5.02 Å². The van der Waals surface area contributed by atoms with Gasteiger partial charge in [-0.05, 0) is 28.1 Å². The van der Waals surface area contributed by atoms with Crippen LogP contribution in [0.4, 0.5) is 5.69 Å². The van der Waals surface area contributed by atoms with Crippen molar-refractivity contribution in [1.29, 1.82) is 0 Å². The summed E-state index contributed by atoms with van der Waals surface area (Å²) in [5.74, 6) is -0.582. The van der Waals surface area contributed by atoms with Gasteiger partial charge in [-0.3, -0.25) is 4.79 Å². The first kappa shape index (κ1) is 9.35. The van der Waals surface area contributed by atoms with Crippen LogP contribution in [0.3, 0.4) is 0 Å². The van der Waals surface area contributed by atoms with Crippen LogP contribution in [0.5, 0.6) is 0 Å². The molecule has 0 aliphatic heterocycles. The highest BCUT2D eigenvalue weighted by molar-refractivity contribution is 9.10. The fourth-order valence-corrected chi connectivity index (χ4v) is 1.30. The molecule has 0 fully saturated rings. The maximum Gasteiger partial charge on any atom is 0.250 e. The molecular weight excluding hydrogens is 243 g/mol. The van der Waals surface area contributed by atoms with Gasteiger partial charge in [-0.25, -0.2) is 0 Å². The normalized spacial score (nSPS) is 9.83. The zero-order valence-corrected chi connectivity index (χ0v) is 8.32. The molecule has 0 radical (unpaired) electrons. The molecule has 0 heterocycles. The summed E-state index contributed by atoms with van der Waals surface area (Å²) < 4.78 is 0.645. The largest absolute Gasteiger partial charge is 0.398 e. The molecule has 0 aliphatic carbocycles.